The van der Waals surface area contributed by atoms with Crippen molar-refractivity contribution < 1.29 is 45.5 Å². The summed E-state index contributed by atoms with van der Waals surface area (Å²) < 4.78 is 59.5. The van der Waals surface area contributed by atoms with Crippen LogP contribution in [0.15, 0.2) is 22.3 Å². The van der Waals surface area contributed by atoms with Gasteiger partial charge >= 0.3 is 11.9 Å². The summed E-state index contributed by atoms with van der Waals surface area (Å²) in [5.41, 5.74) is -1.72. The summed E-state index contributed by atoms with van der Waals surface area (Å²) in [6.07, 6.45) is 0.498. The fourth-order valence-corrected chi connectivity index (χ4v) is 8.06. The van der Waals surface area contributed by atoms with Crippen LogP contribution in [0.25, 0.3) is 0 Å². The highest BCUT2D eigenvalue weighted by Gasteiger charge is 2.44. The maximum Gasteiger partial charge on any atom is 0.306 e. The van der Waals surface area contributed by atoms with Crippen molar-refractivity contribution in [3.63, 3.8) is 0 Å². The summed E-state index contributed by atoms with van der Waals surface area (Å²) >= 11 is 0. The van der Waals surface area contributed by atoms with Crippen molar-refractivity contribution in [3.8, 4) is 0 Å². The Morgan fingerprint density at radius 3 is 1.33 bits per heavy atom. The standard InChI is InChI=1S/C33H54O10S2/c1-22(2)12-16-44(38,39)18-14-42-25(34)20-32(8,9)27-23(3)30(37)28(24(4)29(27)36)33(10,11)21-26(35)43-15-19-45(40,41)17-13-31(5,6)7/h22H,12-21H2,1-11H3. The SMILES string of the molecule is CC1=C(C(C)(C)CC(=O)OCCS(=O)(=O)CCC(C)C)C(=O)C(C)=C(C(C)(C)CC(=O)OCCS(=O)(=O)CCC(C)(C)C)C1=O. The number of carbonyl (C=O) groups is 4. The maximum absolute atomic E-state index is 13.7. The summed E-state index contributed by atoms with van der Waals surface area (Å²) in [7, 11) is -6.77. The molecule has 0 N–H and O–H groups in total. The summed E-state index contributed by atoms with van der Waals surface area (Å²) in [5, 5.41) is 0. The number of ether oxygens (including phenoxy) is 2. The average Bonchev–Trinajstić information content (AvgIpc) is 2.84. The van der Waals surface area contributed by atoms with Crippen LogP contribution >= 0.6 is 0 Å². The van der Waals surface area contributed by atoms with E-state index in [-0.39, 0.29) is 82.7 Å². The molecule has 258 valence electrons. The molecule has 0 saturated heterocycles. The van der Waals surface area contributed by atoms with Crippen LogP contribution in [0.2, 0.25) is 0 Å². The molecule has 0 fully saturated rings. The van der Waals surface area contributed by atoms with E-state index in [1.54, 1.807) is 27.7 Å². The number of ketones is 2. The van der Waals surface area contributed by atoms with Gasteiger partial charge in [0.25, 0.3) is 0 Å². The van der Waals surface area contributed by atoms with E-state index >= 15 is 0 Å². The average molecular weight is 675 g/mol. The molecule has 0 bridgehead atoms. The Labute approximate surface area is 270 Å². The molecule has 0 saturated carbocycles. The quantitative estimate of drug-likeness (QED) is 0.152. The van der Waals surface area contributed by atoms with Gasteiger partial charge in [-0.05, 0) is 38.0 Å². The van der Waals surface area contributed by atoms with Gasteiger partial charge in [-0.3, -0.25) is 19.2 Å². The molecule has 0 aromatic heterocycles. The fourth-order valence-electron chi connectivity index (χ4n) is 5.22. The number of allylic oxidation sites excluding steroid dienone is 4. The summed E-state index contributed by atoms with van der Waals surface area (Å²) in [5.74, 6) is -2.59. The van der Waals surface area contributed by atoms with Crippen LogP contribution in [0.4, 0.5) is 0 Å². The first-order valence-corrected chi connectivity index (χ1v) is 19.1. The molecule has 0 aromatic carbocycles. The number of esters is 2. The predicted octanol–water partition coefficient (Wildman–Crippen LogP) is 5.00. The minimum atomic E-state index is -3.40. The smallest absolute Gasteiger partial charge is 0.306 e. The molecule has 0 aromatic rings. The maximum atomic E-state index is 13.7. The lowest BCUT2D eigenvalue weighted by molar-refractivity contribution is -0.146. The lowest BCUT2D eigenvalue weighted by atomic mass is 9.66. The van der Waals surface area contributed by atoms with Gasteiger partial charge in [-0.2, -0.15) is 0 Å². The van der Waals surface area contributed by atoms with Crippen LogP contribution in [0, 0.1) is 22.2 Å². The molecule has 1 aliphatic rings. The molecule has 0 heterocycles. The third-order valence-electron chi connectivity index (χ3n) is 7.90. The van der Waals surface area contributed by atoms with Crippen LogP contribution in [0.5, 0.6) is 0 Å². The van der Waals surface area contributed by atoms with Crippen LogP contribution in [-0.4, -0.2) is 76.6 Å². The van der Waals surface area contributed by atoms with Gasteiger partial charge in [0.1, 0.15) is 13.2 Å². The molecule has 0 aliphatic heterocycles. The Hall–Kier alpha value is -2.34. The highest BCUT2D eigenvalue weighted by molar-refractivity contribution is 7.91. The monoisotopic (exact) mass is 674 g/mol. The first kappa shape index (κ1) is 40.7. The fraction of sp³-hybridized carbons (Fsp3) is 0.758. The molecular formula is C33H54O10S2. The first-order valence-electron chi connectivity index (χ1n) is 15.5. The van der Waals surface area contributed by atoms with Crippen molar-refractivity contribution in [1.82, 2.24) is 0 Å². The second kappa shape index (κ2) is 15.5. The molecule has 1 rings (SSSR count). The zero-order chi connectivity index (χ0) is 35.2. The Balaban J connectivity index is 2.94. The van der Waals surface area contributed by atoms with Gasteiger partial charge in [0.05, 0.1) is 35.9 Å². The van der Waals surface area contributed by atoms with Gasteiger partial charge in [0.2, 0.25) is 0 Å². The second-order valence-corrected chi connectivity index (χ2v) is 19.6. The topological polar surface area (TPSA) is 155 Å². The molecule has 0 spiro atoms. The Kier molecular flexibility index (Phi) is 14.0. The number of hydrogen-bond donors (Lipinski definition) is 0. The van der Waals surface area contributed by atoms with E-state index in [9.17, 15) is 36.0 Å². The van der Waals surface area contributed by atoms with E-state index in [2.05, 4.69) is 0 Å². The van der Waals surface area contributed by atoms with Crippen LogP contribution < -0.4 is 0 Å². The second-order valence-electron chi connectivity index (χ2n) is 15.0. The zero-order valence-corrected chi connectivity index (χ0v) is 30.7. The Morgan fingerprint density at radius 1 is 0.644 bits per heavy atom. The van der Waals surface area contributed by atoms with Gasteiger partial charge in [-0.1, -0.05) is 62.3 Å². The highest BCUT2D eigenvalue weighted by atomic mass is 32.2. The number of carbonyl (C=O) groups excluding carboxylic acids is 4. The summed E-state index contributed by atoms with van der Waals surface area (Å²) in [6.45, 7) is 18.7. The van der Waals surface area contributed by atoms with Crippen LogP contribution in [0.1, 0.15) is 102 Å². The van der Waals surface area contributed by atoms with E-state index in [1.807, 2.05) is 34.6 Å². The summed E-state index contributed by atoms with van der Waals surface area (Å²) in [6, 6.07) is 0. The minimum Gasteiger partial charge on any atom is -0.465 e. The molecule has 0 amide bonds. The molecule has 0 radical (unpaired) electrons. The van der Waals surface area contributed by atoms with Crippen molar-refractivity contribution in [2.45, 2.75) is 102 Å². The zero-order valence-electron chi connectivity index (χ0n) is 29.0. The van der Waals surface area contributed by atoms with Crippen molar-refractivity contribution >= 4 is 43.2 Å². The van der Waals surface area contributed by atoms with E-state index in [0.717, 1.165) is 0 Å². The Bertz CT molecular complexity index is 1420. The van der Waals surface area contributed by atoms with Gasteiger partial charge < -0.3 is 9.47 Å². The largest absolute Gasteiger partial charge is 0.465 e. The number of sulfone groups is 2. The molecule has 10 nitrogen and oxygen atoms in total. The molecule has 45 heavy (non-hydrogen) atoms. The van der Waals surface area contributed by atoms with Crippen molar-refractivity contribution in [2.24, 2.45) is 22.2 Å². The Morgan fingerprint density at radius 2 is 1.00 bits per heavy atom. The van der Waals surface area contributed by atoms with Gasteiger partial charge in [-0.25, -0.2) is 16.8 Å². The highest BCUT2D eigenvalue weighted by Crippen LogP contribution is 2.44. The lowest BCUT2D eigenvalue weighted by Gasteiger charge is -2.35. The van der Waals surface area contributed by atoms with Crippen molar-refractivity contribution in [2.75, 3.05) is 36.2 Å². The first-order chi connectivity index (χ1) is 20.2. The van der Waals surface area contributed by atoms with E-state index in [1.165, 1.54) is 13.8 Å². The van der Waals surface area contributed by atoms with Gasteiger partial charge in [-0.15, -0.1) is 0 Å². The van der Waals surface area contributed by atoms with Gasteiger partial charge in [0.15, 0.2) is 31.2 Å². The third kappa shape index (κ3) is 13.1. The predicted molar refractivity (Wildman–Crippen MR) is 175 cm³/mol. The van der Waals surface area contributed by atoms with E-state index < -0.39 is 54.0 Å². The normalized spacial score (nSPS) is 15.6. The molecule has 0 unspecified atom stereocenters. The van der Waals surface area contributed by atoms with E-state index in [0.29, 0.717) is 12.8 Å². The molecule has 0 atom stereocenters. The molecular weight excluding hydrogens is 620 g/mol. The van der Waals surface area contributed by atoms with Crippen molar-refractivity contribution in [1.29, 1.82) is 0 Å². The van der Waals surface area contributed by atoms with Crippen molar-refractivity contribution in [3.05, 3.63) is 22.3 Å². The van der Waals surface area contributed by atoms with Gasteiger partial charge in [0, 0.05) is 33.1 Å². The number of rotatable bonds is 17. The van der Waals surface area contributed by atoms with E-state index in [4.69, 9.17) is 9.47 Å². The summed E-state index contributed by atoms with van der Waals surface area (Å²) in [4.78, 5) is 52.7. The molecule has 12 heteroatoms. The van der Waals surface area contributed by atoms with Crippen LogP contribution in [0.3, 0.4) is 0 Å². The number of Topliss-reactive ketones (excluding diaryl/α,β-unsaturated/α-hetero) is 2. The lowest BCUT2D eigenvalue weighted by Crippen LogP contribution is -2.37. The number of hydrogen-bond acceptors (Lipinski definition) is 10. The molecule has 1 aliphatic carbocycles. The minimum absolute atomic E-state index is 0.00932. The van der Waals surface area contributed by atoms with Crippen LogP contribution in [-0.2, 0) is 48.3 Å². The third-order valence-corrected chi connectivity index (χ3v) is 11.2.